The molecule has 0 radical (unpaired) electrons. The maximum absolute atomic E-state index is 12.2. The van der Waals surface area contributed by atoms with Gasteiger partial charge in [0.15, 0.2) is 0 Å². The Hall–Kier alpha value is -0.920. The standard InChI is InChI=1S/C13H28.C7H6F2/c1-3-5-7-9-11-13-12-10-8-6-4-2;1-5-2-6(8)4-7(9)3-5/h3-13H2,1-2H3;2-4H,1H3. The predicted octanol–water partition coefficient (Wildman–Crippen LogP) is 7.59. The monoisotopic (exact) mass is 312 g/mol. The molecule has 22 heavy (non-hydrogen) atoms. The Balaban J connectivity index is 0.000000425. The van der Waals surface area contributed by atoms with E-state index in [1.54, 1.807) is 6.92 Å². The summed E-state index contributed by atoms with van der Waals surface area (Å²) in [6, 6.07) is 3.42. The van der Waals surface area contributed by atoms with E-state index in [4.69, 9.17) is 0 Å². The first-order valence-corrected chi connectivity index (χ1v) is 9.02. The predicted molar refractivity (Wildman–Crippen MR) is 93.2 cm³/mol. The van der Waals surface area contributed by atoms with Gasteiger partial charge in [-0.15, -0.1) is 0 Å². The number of aryl methyl sites for hydroxylation is 1. The number of unbranched alkanes of at least 4 members (excludes halogenated alkanes) is 10. The van der Waals surface area contributed by atoms with Crippen molar-refractivity contribution in [1.29, 1.82) is 0 Å². The van der Waals surface area contributed by atoms with E-state index in [-0.39, 0.29) is 0 Å². The Labute approximate surface area is 136 Å². The largest absolute Gasteiger partial charge is 0.207 e. The number of halogens is 2. The van der Waals surface area contributed by atoms with Crippen molar-refractivity contribution in [1.82, 2.24) is 0 Å². The van der Waals surface area contributed by atoms with Crippen LogP contribution in [0.1, 0.15) is 90.0 Å². The second-order valence-electron chi connectivity index (χ2n) is 6.13. The van der Waals surface area contributed by atoms with Gasteiger partial charge in [0, 0.05) is 6.07 Å². The molecular formula is C20H34F2. The molecule has 1 aromatic carbocycles. The minimum atomic E-state index is -0.521. The first-order valence-electron chi connectivity index (χ1n) is 9.02. The van der Waals surface area contributed by atoms with Crippen LogP contribution in [0.4, 0.5) is 8.78 Å². The van der Waals surface area contributed by atoms with E-state index in [1.807, 2.05) is 0 Å². The molecule has 2 heteroatoms. The lowest BCUT2D eigenvalue weighted by Gasteiger charge is -2.00. The van der Waals surface area contributed by atoms with Gasteiger partial charge in [0.1, 0.15) is 11.6 Å². The van der Waals surface area contributed by atoms with E-state index >= 15 is 0 Å². The fourth-order valence-electron chi connectivity index (χ4n) is 2.43. The van der Waals surface area contributed by atoms with Crippen LogP contribution in [0.3, 0.4) is 0 Å². The normalized spacial score (nSPS) is 10.2. The summed E-state index contributed by atoms with van der Waals surface area (Å²) in [4.78, 5) is 0. The molecule has 0 nitrogen and oxygen atoms in total. The van der Waals surface area contributed by atoms with E-state index in [2.05, 4.69) is 13.8 Å². The van der Waals surface area contributed by atoms with Gasteiger partial charge in [0.25, 0.3) is 0 Å². The van der Waals surface area contributed by atoms with Gasteiger partial charge in [-0.2, -0.15) is 0 Å². The second kappa shape index (κ2) is 15.0. The van der Waals surface area contributed by atoms with Crippen LogP contribution in [0.25, 0.3) is 0 Å². The molecule has 0 saturated carbocycles. The van der Waals surface area contributed by atoms with E-state index in [0.717, 1.165) is 6.07 Å². The Kier molecular flexibility index (Phi) is 14.4. The van der Waals surface area contributed by atoms with Crippen LogP contribution in [0.2, 0.25) is 0 Å². The number of rotatable bonds is 10. The molecule has 1 aromatic rings. The van der Waals surface area contributed by atoms with Crippen molar-refractivity contribution in [2.45, 2.75) is 91.4 Å². The zero-order valence-corrected chi connectivity index (χ0v) is 14.8. The van der Waals surface area contributed by atoms with Gasteiger partial charge in [0.05, 0.1) is 0 Å². The molecule has 128 valence electrons. The van der Waals surface area contributed by atoms with Gasteiger partial charge in [-0.1, -0.05) is 84.5 Å². The number of hydrogen-bond acceptors (Lipinski definition) is 0. The highest BCUT2D eigenvalue weighted by Gasteiger charge is 1.94. The molecule has 0 spiro atoms. The lowest BCUT2D eigenvalue weighted by Crippen LogP contribution is -1.80. The van der Waals surface area contributed by atoms with Crippen molar-refractivity contribution in [2.75, 3.05) is 0 Å². The smallest absolute Gasteiger partial charge is 0.126 e. The highest BCUT2D eigenvalue weighted by molar-refractivity contribution is 5.15. The summed E-state index contributed by atoms with van der Waals surface area (Å²) in [5.74, 6) is -1.04. The molecule has 0 aliphatic heterocycles. The highest BCUT2D eigenvalue weighted by Crippen LogP contribution is 2.10. The lowest BCUT2D eigenvalue weighted by atomic mass is 10.1. The maximum atomic E-state index is 12.2. The average Bonchev–Trinajstić information content (AvgIpc) is 2.45. The van der Waals surface area contributed by atoms with Crippen molar-refractivity contribution in [3.05, 3.63) is 35.4 Å². The van der Waals surface area contributed by atoms with Gasteiger partial charge < -0.3 is 0 Å². The Bertz CT molecular complexity index is 300. The van der Waals surface area contributed by atoms with Gasteiger partial charge in [-0.3, -0.25) is 0 Å². The molecule has 0 amide bonds. The minimum Gasteiger partial charge on any atom is -0.207 e. The van der Waals surface area contributed by atoms with Crippen LogP contribution in [0.5, 0.6) is 0 Å². The van der Waals surface area contributed by atoms with E-state index < -0.39 is 11.6 Å². The minimum absolute atomic E-state index is 0.521. The summed E-state index contributed by atoms with van der Waals surface area (Å²) in [6.07, 6.45) is 15.9. The molecular weight excluding hydrogens is 278 g/mol. The van der Waals surface area contributed by atoms with E-state index in [9.17, 15) is 8.78 Å². The maximum Gasteiger partial charge on any atom is 0.126 e. The summed E-state index contributed by atoms with van der Waals surface area (Å²) >= 11 is 0. The van der Waals surface area contributed by atoms with Crippen molar-refractivity contribution < 1.29 is 8.78 Å². The fraction of sp³-hybridized carbons (Fsp3) is 0.700. The molecule has 0 fully saturated rings. The van der Waals surface area contributed by atoms with E-state index in [0.29, 0.717) is 5.56 Å². The van der Waals surface area contributed by atoms with E-state index in [1.165, 1.54) is 82.8 Å². The van der Waals surface area contributed by atoms with Crippen LogP contribution < -0.4 is 0 Å². The van der Waals surface area contributed by atoms with Crippen molar-refractivity contribution in [3.63, 3.8) is 0 Å². The SMILES string of the molecule is CCCCCCCCCCCCC.Cc1cc(F)cc(F)c1. The zero-order chi connectivity index (χ0) is 16.6. The van der Waals surface area contributed by atoms with Gasteiger partial charge in [0.2, 0.25) is 0 Å². The van der Waals surface area contributed by atoms with Crippen LogP contribution in [-0.4, -0.2) is 0 Å². The average molecular weight is 312 g/mol. The third-order valence-electron chi connectivity index (χ3n) is 3.71. The zero-order valence-electron chi connectivity index (χ0n) is 14.8. The summed E-state index contributed by atoms with van der Waals surface area (Å²) in [5, 5.41) is 0. The van der Waals surface area contributed by atoms with Gasteiger partial charge in [-0.05, 0) is 24.6 Å². The second-order valence-corrected chi connectivity index (χ2v) is 6.13. The van der Waals surface area contributed by atoms with Crippen LogP contribution in [-0.2, 0) is 0 Å². The first-order chi connectivity index (χ1) is 10.6. The summed E-state index contributed by atoms with van der Waals surface area (Å²) in [6.45, 7) is 6.21. The molecule has 1 rings (SSSR count). The Morgan fingerprint density at radius 3 is 1.18 bits per heavy atom. The van der Waals surface area contributed by atoms with Crippen LogP contribution in [0, 0.1) is 18.6 Å². The van der Waals surface area contributed by atoms with Crippen LogP contribution >= 0.6 is 0 Å². The third-order valence-corrected chi connectivity index (χ3v) is 3.71. The summed E-state index contributed by atoms with van der Waals surface area (Å²) < 4.78 is 24.4. The molecule has 0 atom stereocenters. The lowest BCUT2D eigenvalue weighted by molar-refractivity contribution is 0.554. The number of benzene rings is 1. The quantitative estimate of drug-likeness (QED) is 0.390. The Morgan fingerprint density at radius 2 is 0.909 bits per heavy atom. The topological polar surface area (TPSA) is 0 Å². The molecule has 0 saturated heterocycles. The first kappa shape index (κ1) is 21.1. The van der Waals surface area contributed by atoms with Crippen LogP contribution in [0.15, 0.2) is 18.2 Å². The summed E-state index contributed by atoms with van der Waals surface area (Å²) in [7, 11) is 0. The molecule has 0 heterocycles. The fourth-order valence-corrected chi connectivity index (χ4v) is 2.43. The number of hydrogen-bond donors (Lipinski definition) is 0. The molecule has 0 aromatic heterocycles. The van der Waals surface area contributed by atoms with Crippen molar-refractivity contribution in [2.24, 2.45) is 0 Å². The Morgan fingerprint density at radius 1 is 0.591 bits per heavy atom. The highest BCUT2D eigenvalue weighted by atomic mass is 19.1. The van der Waals surface area contributed by atoms with Crippen molar-refractivity contribution in [3.8, 4) is 0 Å². The molecule has 0 bridgehead atoms. The summed E-state index contributed by atoms with van der Waals surface area (Å²) in [5.41, 5.74) is 0.604. The molecule has 0 N–H and O–H groups in total. The molecule has 0 aliphatic carbocycles. The molecule has 0 unspecified atom stereocenters. The molecule has 0 aliphatic rings. The van der Waals surface area contributed by atoms with Gasteiger partial charge in [-0.25, -0.2) is 8.78 Å². The third kappa shape index (κ3) is 14.0. The van der Waals surface area contributed by atoms with Gasteiger partial charge >= 0.3 is 0 Å². The van der Waals surface area contributed by atoms with Crippen molar-refractivity contribution >= 4 is 0 Å².